The Morgan fingerprint density at radius 2 is 1.45 bits per heavy atom. The molecule has 0 aromatic heterocycles. The Balaban J connectivity index is 1.89. The first kappa shape index (κ1) is 29.8. The summed E-state index contributed by atoms with van der Waals surface area (Å²) >= 11 is 2.68. The van der Waals surface area contributed by atoms with Gasteiger partial charge in [-0.1, -0.05) is 0 Å². The van der Waals surface area contributed by atoms with Gasteiger partial charge in [-0.2, -0.15) is 10.5 Å². The molecule has 12 heteroatoms. The molecule has 0 atom stereocenters. The number of nitrogens with zero attached hydrogens (tertiary/aromatic N) is 3. The number of thioether (sulfide) groups is 2. The van der Waals surface area contributed by atoms with Crippen molar-refractivity contribution in [3.63, 3.8) is 0 Å². The van der Waals surface area contributed by atoms with Crippen molar-refractivity contribution in [3.8, 4) is 17.9 Å². The van der Waals surface area contributed by atoms with Crippen molar-refractivity contribution in [2.75, 3.05) is 22.1 Å². The van der Waals surface area contributed by atoms with Gasteiger partial charge in [-0.15, -0.1) is 23.5 Å². The number of phenols is 1. The number of amides is 2. The molecule has 0 saturated carbocycles. The Bertz CT molecular complexity index is 1490. The maximum atomic E-state index is 12.9. The molecule has 3 aromatic rings. The third-order valence-corrected chi connectivity index (χ3v) is 7.31. The summed E-state index contributed by atoms with van der Waals surface area (Å²) in [5.74, 6) is 0.0764. The fourth-order valence-corrected chi connectivity index (χ4v) is 5.03. The van der Waals surface area contributed by atoms with E-state index in [1.165, 1.54) is 84.2 Å². The summed E-state index contributed by atoms with van der Waals surface area (Å²) in [4.78, 5) is 37.3. The first-order valence-corrected chi connectivity index (χ1v) is 13.8. The molecule has 0 fully saturated rings. The fourth-order valence-electron chi connectivity index (χ4n) is 3.27. The smallest absolute Gasteiger partial charge is 0.269 e. The standard InChI is InChI=1S/C28H23N5O5S2/c29-13-1-15-39-25-18-24(32-28(36)20-6-10-22(34)11-7-20)26(40-16-2-14-30)17-23(25)31-27(35)12-5-19-3-8-21(9-4-19)33(37)38/h3-12,17-18,34H,1-2,15-16H2,(H,31,35)(H,32,36)/b12-5+. The molecule has 0 heterocycles. The molecule has 0 saturated heterocycles. The minimum atomic E-state index is -0.505. The van der Waals surface area contributed by atoms with E-state index in [1.807, 2.05) is 0 Å². The van der Waals surface area contributed by atoms with Gasteiger partial charge in [-0.05, 0) is 60.2 Å². The van der Waals surface area contributed by atoms with Crippen LogP contribution in [0, 0.1) is 32.8 Å². The summed E-state index contributed by atoms with van der Waals surface area (Å²) in [7, 11) is 0. The van der Waals surface area contributed by atoms with Gasteiger partial charge in [-0.25, -0.2) is 0 Å². The van der Waals surface area contributed by atoms with Crippen LogP contribution in [0.2, 0.25) is 0 Å². The minimum Gasteiger partial charge on any atom is -0.508 e. The van der Waals surface area contributed by atoms with Crippen LogP contribution >= 0.6 is 23.5 Å². The number of benzene rings is 3. The lowest BCUT2D eigenvalue weighted by Gasteiger charge is -2.17. The van der Waals surface area contributed by atoms with E-state index >= 15 is 0 Å². The predicted molar refractivity (Wildman–Crippen MR) is 155 cm³/mol. The largest absolute Gasteiger partial charge is 0.508 e. The van der Waals surface area contributed by atoms with Gasteiger partial charge in [0.15, 0.2) is 0 Å². The number of hydrogen-bond donors (Lipinski definition) is 3. The lowest BCUT2D eigenvalue weighted by atomic mass is 10.2. The maximum absolute atomic E-state index is 12.9. The molecule has 10 nitrogen and oxygen atoms in total. The van der Waals surface area contributed by atoms with Crippen LogP contribution in [0.1, 0.15) is 28.8 Å². The minimum absolute atomic E-state index is 0.0307. The molecule has 0 unspecified atom stereocenters. The molecular formula is C28H23N5O5S2. The number of hydrogen-bond acceptors (Lipinski definition) is 9. The van der Waals surface area contributed by atoms with Crippen molar-refractivity contribution in [2.45, 2.75) is 22.6 Å². The number of nitrogens with one attached hydrogen (secondary N) is 2. The summed E-state index contributed by atoms with van der Waals surface area (Å²) in [6.07, 6.45) is 3.37. The number of aromatic hydroxyl groups is 1. The quantitative estimate of drug-likeness (QED) is 0.0748. The molecule has 0 aliphatic heterocycles. The second-order valence-corrected chi connectivity index (χ2v) is 10.3. The number of rotatable bonds is 12. The van der Waals surface area contributed by atoms with E-state index in [4.69, 9.17) is 10.5 Å². The lowest BCUT2D eigenvalue weighted by molar-refractivity contribution is -0.384. The van der Waals surface area contributed by atoms with E-state index in [0.717, 1.165) is 0 Å². The Labute approximate surface area is 238 Å². The number of carbonyl (C=O) groups excluding carboxylic acids is 2. The zero-order valence-corrected chi connectivity index (χ0v) is 22.6. The lowest BCUT2D eigenvalue weighted by Crippen LogP contribution is -2.14. The third kappa shape index (κ3) is 8.91. The third-order valence-electron chi connectivity index (χ3n) is 5.19. The van der Waals surface area contributed by atoms with Crippen molar-refractivity contribution in [1.82, 2.24) is 0 Å². The average molecular weight is 574 g/mol. The molecule has 202 valence electrons. The molecule has 0 aliphatic rings. The molecule has 3 rings (SSSR count). The van der Waals surface area contributed by atoms with E-state index in [0.29, 0.717) is 43.8 Å². The molecule has 3 aromatic carbocycles. The second-order valence-electron chi connectivity index (χ2n) is 8.03. The molecule has 3 N–H and O–H groups in total. The summed E-state index contributed by atoms with van der Waals surface area (Å²) < 4.78 is 0. The van der Waals surface area contributed by atoms with Gasteiger partial charge in [0, 0.05) is 57.9 Å². The number of nitro groups is 1. The van der Waals surface area contributed by atoms with Crippen LogP contribution in [0.4, 0.5) is 17.1 Å². The van der Waals surface area contributed by atoms with E-state index in [1.54, 1.807) is 12.1 Å². The number of anilines is 2. The Morgan fingerprint density at radius 1 is 0.900 bits per heavy atom. The molecule has 40 heavy (non-hydrogen) atoms. The van der Waals surface area contributed by atoms with Crippen LogP contribution in [0.25, 0.3) is 6.08 Å². The highest BCUT2D eigenvalue weighted by atomic mass is 32.2. The van der Waals surface area contributed by atoms with Crippen molar-refractivity contribution >= 4 is 58.5 Å². The summed E-state index contributed by atoms with van der Waals surface area (Å²) in [6.45, 7) is 0. The first-order chi connectivity index (χ1) is 19.3. The topological polar surface area (TPSA) is 169 Å². The van der Waals surface area contributed by atoms with Crippen LogP contribution < -0.4 is 10.6 Å². The normalized spacial score (nSPS) is 10.4. The Hall–Kier alpha value is -4.78. The second kappa shape index (κ2) is 15.0. The van der Waals surface area contributed by atoms with Crippen molar-refractivity contribution < 1.29 is 19.6 Å². The van der Waals surface area contributed by atoms with Crippen LogP contribution in [-0.2, 0) is 4.79 Å². The highest BCUT2D eigenvalue weighted by Gasteiger charge is 2.16. The zero-order valence-electron chi connectivity index (χ0n) is 21.0. The van der Waals surface area contributed by atoms with Crippen molar-refractivity contribution in [1.29, 1.82) is 10.5 Å². The SMILES string of the molecule is N#CCCSc1cc(NC(=O)c2ccc(O)cc2)c(SCCC#N)cc1NC(=O)/C=C/c1ccc([N+](=O)[O-])cc1. The van der Waals surface area contributed by atoms with Crippen LogP contribution in [-0.4, -0.2) is 33.3 Å². The van der Waals surface area contributed by atoms with Gasteiger partial charge >= 0.3 is 0 Å². The van der Waals surface area contributed by atoms with Gasteiger partial charge in [0.25, 0.3) is 11.6 Å². The zero-order chi connectivity index (χ0) is 28.9. The van der Waals surface area contributed by atoms with E-state index in [2.05, 4.69) is 22.8 Å². The summed E-state index contributed by atoms with van der Waals surface area (Å²) in [6, 6.07) is 19.1. The van der Waals surface area contributed by atoms with Gasteiger partial charge in [0.05, 0.1) is 28.4 Å². The van der Waals surface area contributed by atoms with Crippen molar-refractivity contribution in [3.05, 3.63) is 88.0 Å². The van der Waals surface area contributed by atoms with E-state index in [-0.39, 0.29) is 24.3 Å². The fraction of sp³-hybridized carbons (Fsp3) is 0.143. The molecule has 0 spiro atoms. The summed E-state index contributed by atoms with van der Waals surface area (Å²) in [5.41, 5.74) is 1.81. The highest BCUT2D eigenvalue weighted by molar-refractivity contribution is 8.00. The molecule has 0 bridgehead atoms. The van der Waals surface area contributed by atoms with E-state index < -0.39 is 16.7 Å². The highest BCUT2D eigenvalue weighted by Crippen LogP contribution is 2.38. The van der Waals surface area contributed by atoms with Crippen LogP contribution in [0.5, 0.6) is 5.75 Å². The molecule has 0 aliphatic carbocycles. The van der Waals surface area contributed by atoms with Crippen molar-refractivity contribution in [2.24, 2.45) is 0 Å². The van der Waals surface area contributed by atoms with Gasteiger partial charge < -0.3 is 15.7 Å². The maximum Gasteiger partial charge on any atom is 0.269 e. The predicted octanol–water partition coefficient (Wildman–Crippen LogP) is 6.22. The van der Waals surface area contributed by atoms with E-state index in [9.17, 15) is 24.8 Å². The summed E-state index contributed by atoms with van der Waals surface area (Å²) in [5, 5.41) is 44.0. The van der Waals surface area contributed by atoms with Gasteiger partial charge in [0.1, 0.15) is 5.75 Å². The van der Waals surface area contributed by atoms with Gasteiger partial charge in [0.2, 0.25) is 5.91 Å². The van der Waals surface area contributed by atoms with Gasteiger partial charge in [-0.3, -0.25) is 19.7 Å². The Kier molecular flexibility index (Phi) is 11.1. The number of non-ortho nitro benzene ring substituents is 1. The number of nitriles is 2. The molecular weight excluding hydrogens is 550 g/mol. The number of nitro benzene ring substituents is 1. The first-order valence-electron chi connectivity index (χ1n) is 11.8. The number of phenolic OH excluding ortho intramolecular Hbond substituents is 1. The monoisotopic (exact) mass is 573 g/mol. The average Bonchev–Trinajstić information content (AvgIpc) is 2.94. The van der Waals surface area contributed by atoms with Crippen LogP contribution in [0.15, 0.2) is 76.5 Å². The van der Waals surface area contributed by atoms with Crippen LogP contribution in [0.3, 0.4) is 0 Å². The Morgan fingerprint density at radius 3 is 1.98 bits per heavy atom. The molecule has 2 amide bonds. The number of carbonyl (C=O) groups is 2. The molecule has 0 radical (unpaired) electrons.